The van der Waals surface area contributed by atoms with E-state index in [-0.39, 0.29) is 18.2 Å². The van der Waals surface area contributed by atoms with Crippen LogP contribution >= 0.6 is 0 Å². The summed E-state index contributed by atoms with van der Waals surface area (Å²) in [6.07, 6.45) is 0.395. The van der Waals surface area contributed by atoms with E-state index in [1.54, 1.807) is 4.90 Å². The summed E-state index contributed by atoms with van der Waals surface area (Å²) < 4.78 is 11.5. The Morgan fingerprint density at radius 1 is 1.30 bits per heavy atom. The molecule has 4 nitrogen and oxygen atoms in total. The maximum atomic E-state index is 12.5. The van der Waals surface area contributed by atoms with Crippen LogP contribution in [0.5, 0.6) is 0 Å². The van der Waals surface area contributed by atoms with Gasteiger partial charge in [-0.05, 0) is 38.7 Å². The van der Waals surface area contributed by atoms with Crippen molar-refractivity contribution < 1.29 is 14.3 Å². The van der Waals surface area contributed by atoms with Crippen LogP contribution in [0.4, 0.5) is 4.79 Å². The number of rotatable bonds is 4. The van der Waals surface area contributed by atoms with Gasteiger partial charge in [0.05, 0.1) is 13.2 Å². The van der Waals surface area contributed by atoms with Crippen molar-refractivity contribution in [3.8, 4) is 0 Å². The third-order valence-corrected chi connectivity index (χ3v) is 4.09. The fourth-order valence-electron chi connectivity index (χ4n) is 2.91. The highest BCUT2D eigenvalue weighted by Crippen LogP contribution is 2.29. The van der Waals surface area contributed by atoms with Gasteiger partial charge in [0.2, 0.25) is 0 Å². The van der Waals surface area contributed by atoms with Gasteiger partial charge in [0, 0.05) is 5.92 Å². The van der Waals surface area contributed by atoms with Crippen LogP contribution in [-0.2, 0) is 15.9 Å². The molecule has 1 amide bonds. The molecule has 1 aromatic rings. The van der Waals surface area contributed by atoms with E-state index in [0.29, 0.717) is 19.1 Å². The van der Waals surface area contributed by atoms with Gasteiger partial charge in [-0.2, -0.15) is 0 Å². The van der Waals surface area contributed by atoms with Crippen molar-refractivity contribution in [2.45, 2.75) is 52.9 Å². The van der Waals surface area contributed by atoms with Gasteiger partial charge in [0.15, 0.2) is 0 Å². The molecule has 0 radical (unpaired) electrons. The maximum Gasteiger partial charge on any atom is 0.412 e. The first-order valence-electron chi connectivity index (χ1n) is 8.43. The maximum absolute atomic E-state index is 12.5. The summed E-state index contributed by atoms with van der Waals surface area (Å²) in [6, 6.07) is 10.4. The van der Waals surface area contributed by atoms with Crippen molar-refractivity contribution in [1.82, 2.24) is 4.90 Å². The summed E-state index contributed by atoms with van der Waals surface area (Å²) in [5.41, 5.74) is 0.780. The summed E-state index contributed by atoms with van der Waals surface area (Å²) in [5.74, 6) is 0.649. The van der Waals surface area contributed by atoms with Crippen LogP contribution in [0.15, 0.2) is 30.3 Å². The normalized spacial score (nSPS) is 19.9. The lowest BCUT2D eigenvalue weighted by Gasteiger charge is -2.34. The lowest BCUT2D eigenvalue weighted by molar-refractivity contribution is -0.0428. The van der Waals surface area contributed by atoms with E-state index < -0.39 is 5.60 Å². The van der Waals surface area contributed by atoms with Crippen molar-refractivity contribution in [3.05, 3.63) is 35.9 Å². The Morgan fingerprint density at radius 2 is 1.96 bits per heavy atom. The fraction of sp³-hybridized carbons (Fsp3) is 0.632. The zero-order valence-electron chi connectivity index (χ0n) is 14.9. The molecule has 1 heterocycles. The van der Waals surface area contributed by atoms with Gasteiger partial charge in [-0.1, -0.05) is 44.2 Å². The van der Waals surface area contributed by atoms with E-state index in [1.165, 1.54) is 5.56 Å². The standard InChI is InChI=1S/C19H29NO3/c1-14(2)16(13-15-9-7-6-8-10-15)17-20(11-12-22-17)18(21)23-19(3,4)5/h6-10,14,16-17H,11-13H2,1-5H3. The number of carbonyl (C=O) groups is 1. The van der Waals surface area contributed by atoms with E-state index in [9.17, 15) is 4.79 Å². The molecule has 128 valence electrons. The van der Waals surface area contributed by atoms with Crippen LogP contribution < -0.4 is 0 Å². The molecule has 0 aliphatic carbocycles. The molecule has 4 heteroatoms. The number of amides is 1. The van der Waals surface area contributed by atoms with Gasteiger partial charge < -0.3 is 9.47 Å². The van der Waals surface area contributed by atoms with Crippen LogP contribution in [0.25, 0.3) is 0 Å². The third-order valence-electron chi connectivity index (χ3n) is 4.09. The second-order valence-corrected chi connectivity index (χ2v) is 7.53. The molecular weight excluding hydrogens is 290 g/mol. The van der Waals surface area contributed by atoms with Gasteiger partial charge in [0.25, 0.3) is 0 Å². The summed E-state index contributed by atoms with van der Waals surface area (Å²) >= 11 is 0. The van der Waals surface area contributed by atoms with Crippen molar-refractivity contribution in [2.75, 3.05) is 13.2 Å². The minimum absolute atomic E-state index is 0.218. The lowest BCUT2D eigenvalue weighted by atomic mass is 9.87. The minimum atomic E-state index is -0.489. The molecule has 23 heavy (non-hydrogen) atoms. The van der Waals surface area contributed by atoms with Gasteiger partial charge in [-0.3, -0.25) is 4.90 Å². The molecule has 0 N–H and O–H groups in total. The monoisotopic (exact) mass is 319 g/mol. The first-order chi connectivity index (χ1) is 10.8. The summed E-state index contributed by atoms with van der Waals surface area (Å²) in [7, 11) is 0. The number of hydrogen-bond acceptors (Lipinski definition) is 3. The number of nitrogens with zero attached hydrogens (tertiary/aromatic N) is 1. The molecule has 1 fully saturated rings. The van der Waals surface area contributed by atoms with E-state index in [0.717, 1.165) is 6.42 Å². The molecule has 2 unspecified atom stereocenters. The average molecular weight is 319 g/mol. The Labute approximate surface area is 139 Å². The molecule has 0 spiro atoms. The highest BCUT2D eigenvalue weighted by Gasteiger charge is 2.39. The van der Waals surface area contributed by atoms with Crippen molar-refractivity contribution in [2.24, 2.45) is 11.8 Å². The lowest BCUT2D eigenvalue weighted by Crippen LogP contribution is -2.45. The molecule has 2 rings (SSSR count). The SMILES string of the molecule is CC(C)C(Cc1ccccc1)C1OCCN1C(=O)OC(C)(C)C. The minimum Gasteiger partial charge on any atom is -0.444 e. The third kappa shape index (κ3) is 4.96. The highest BCUT2D eigenvalue weighted by molar-refractivity contribution is 5.68. The first kappa shape index (κ1) is 17.8. The Hall–Kier alpha value is -1.55. The van der Waals surface area contributed by atoms with Crippen molar-refractivity contribution >= 4 is 6.09 Å². The van der Waals surface area contributed by atoms with Crippen molar-refractivity contribution in [1.29, 1.82) is 0 Å². The Balaban J connectivity index is 2.12. The van der Waals surface area contributed by atoms with E-state index in [2.05, 4.69) is 26.0 Å². The molecule has 1 aromatic carbocycles. The zero-order chi connectivity index (χ0) is 17.0. The molecule has 1 aliphatic heterocycles. The topological polar surface area (TPSA) is 38.8 Å². The van der Waals surface area contributed by atoms with Crippen LogP contribution in [0.1, 0.15) is 40.2 Å². The Bertz CT molecular complexity index is 507. The van der Waals surface area contributed by atoms with Gasteiger partial charge in [-0.25, -0.2) is 4.79 Å². The van der Waals surface area contributed by atoms with Crippen LogP contribution in [0.3, 0.4) is 0 Å². The average Bonchev–Trinajstić information content (AvgIpc) is 2.93. The fourth-order valence-corrected chi connectivity index (χ4v) is 2.91. The zero-order valence-corrected chi connectivity index (χ0v) is 14.9. The summed E-state index contributed by atoms with van der Waals surface area (Å²) in [6.45, 7) is 11.2. The van der Waals surface area contributed by atoms with Gasteiger partial charge >= 0.3 is 6.09 Å². The molecular formula is C19H29NO3. The molecule has 1 aliphatic rings. The second-order valence-electron chi connectivity index (χ2n) is 7.53. The van der Waals surface area contributed by atoms with Crippen LogP contribution in [0.2, 0.25) is 0 Å². The second kappa shape index (κ2) is 7.35. The van der Waals surface area contributed by atoms with Crippen LogP contribution in [-0.4, -0.2) is 36.0 Å². The number of benzene rings is 1. The Morgan fingerprint density at radius 3 is 2.52 bits per heavy atom. The van der Waals surface area contributed by atoms with E-state index >= 15 is 0 Å². The molecule has 0 aromatic heterocycles. The van der Waals surface area contributed by atoms with E-state index in [4.69, 9.17) is 9.47 Å². The van der Waals surface area contributed by atoms with Crippen molar-refractivity contribution in [3.63, 3.8) is 0 Å². The predicted molar refractivity (Wildman–Crippen MR) is 91.2 cm³/mol. The quantitative estimate of drug-likeness (QED) is 0.839. The number of hydrogen-bond donors (Lipinski definition) is 0. The predicted octanol–water partition coefficient (Wildman–Crippen LogP) is 4.09. The molecule has 0 saturated carbocycles. The molecule has 2 atom stereocenters. The highest BCUT2D eigenvalue weighted by atomic mass is 16.6. The number of ether oxygens (including phenoxy) is 2. The smallest absolute Gasteiger partial charge is 0.412 e. The molecule has 0 bridgehead atoms. The summed E-state index contributed by atoms with van der Waals surface area (Å²) in [5, 5.41) is 0. The van der Waals surface area contributed by atoms with Gasteiger partial charge in [0.1, 0.15) is 11.8 Å². The number of carbonyl (C=O) groups excluding carboxylic acids is 1. The largest absolute Gasteiger partial charge is 0.444 e. The first-order valence-corrected chi connectivity index (χ1v) is 8.43. The van der Waals surface area contributed by atoms with Crippen LogP contribution in [0, 0.1) is 11.8 Å². The van der Waals surface area contributed by atoms with E-state index in [1.807, 2.05) is 39.0 Å². The molecule has 1 saturated heterocycles. The van der Waals surface area contributed by atoms with Gasteiger partial charge in [-0.15, -0.1) is 0 Å². The summed E-state index contributed by atoms with van der Waals surface area (Å²) in [4.78, 5) is 14.2. The Kier molecular flexibility index (Phi) is 5.69.